The molecular formula is C12H19N5O4. The molecule has 0 amide bonds. The molecular weight excluding hydrogens is 278 g/mol. The van der Waals surface area contributed by atoms with Crippen molar-refractivity contribution in [2.45, 2.75) is 12.6 Å². The molecule has 0 spiro atoms. The van der Waals surface area contributed by atoms with Crippen molar-refractivity contribution in [2.24, 2.45) is 0 Å². The van der Waals surface area contributed by atoms with Crippen LogP contribution in [-0.4, -0.2) is 67.6 Å². The van der Waals surface area contributed by atoms with E-state index in [1.807, 2.05) is 0 Å². The first-order valence-electron chi connectivity index (χ1n) is 6.53. The van der Waals surface area contributed by atoms with Gasteiger partial charge in [0.25, 0.3) is 5.56 Å². The van der Waals surface area contributed by atoms with Crippen LogP contribution in [-0.2, 0) is 6.54 Å². The molecule has 7 N–H and O–H groups in total. The molecule has 0 unspecified atom stereocenters. The summed E-state index contributed by atoms with van der Waals surface area (Å²) in [7, 11) is 0. The molecule has 21 heavy (non-hydrogen) atoms. The topological polar surface area (TPSA) is 151 Å². The van der Waals surface area contributed by atoms with E-state index < -0.39 is 6.10 Å². The van der Waals surface area contributed by atoms with Gasteiger partial charge in [-0.25, -0.2) is 4.98 Å². The van der Waals surface area contributed by atoms with E-state index >= 15 is 0 Å². The summed E-state index contributed by atoms with van der Waals surface area (Å²) in [5, 5.41) is 27.5. The number of aromatic amines is 2. The fourth-order valence-electron chi connectivity index (χ4n) is 2.18. The second-order valence-electron chi connectivity index (χ2n) is 4.78. The second-order valence-corrected chi connectivity index (χ2v) is 4.78. The van der Waals surface area contributed by atoms with E-state index in [0.29, 0.717) is 24.1 Å². The standard InChI is InChI=1S/C12H19N5O4/c13-12-15-9-7(3-14-10(9)11(21)16-12)4-17(1-2-18)5-8(20)6-19/h3,8,14,18-20H,1-2,4-6H2,(H3,13,15,16,21)/t8-/m0/s1. The Morgan fingerprint density at radius 2 is 2.19 bits per heavy atom. The first-order chi connectivity index (χ1) is 10.0. The molecule has 2 heterocycles. The molecule has 116 valence electrons. The molecule has 0 aliphatic rings. The van der Waals surface area contributed by atoms with E-state index in [4.69, 9.17) is 15.9 Å². The molecule has 2 rings (SSSR count). The normalized spacial score (nSPS) is 13.1. The minimum absolute atomic E-state index is 0.0254. The SMILES string of the molecule is Nc1nc2c(CN(CCO)C[C@H](O)CO)c[nH]c2c(=O)[nH]1. The van der Waals surface area contributed by atoms with E-state index in [1.54, 1.807) is 11.1 Å². The van der Waals surface area contributed by atoms with Crippen molar-refractivity contribution in [1.29, 1.82) is 0 Å². The third-order valence-corrected chi connectivity index (χ3v) is 3.12. The number of nitrogens with two attached hydrogens (primary N) is 1. The summed E-state index contributed by atoms with van der Waals surface area (Å²) in [5.41, 5.74) is 6.69. The van der Waals surface area contributed by atoms with Gasteiger partial charge in [-0.15, -0.1) is 0 Å². The highest BCUT2D eigenvalue weighted by Crippen LogP contribution is 2.15. The highest BCUT2D eigenvalue weighted by Gasteiger charge is 2.15. The molecule has 0 saturated carbocycles. The van der Waals surface area contributed by atoms with Crippen molar-refractivity contribution in [1.82, 2.24) is 19.9 Å². The molecule has 0 radical (unpaired) electrons. The van der Waals surface area contributed by atoms with Crippen molar-refractivity contribution in [3.05, 3.63) is 22.1 Å². The van der Waals surface area contributed by atoms with Crippen LogP contribution in [0, 0.1) is 0 Å². The van der Waals surface area contributed by atoms with Crippen LogP contribution in [0.4, 0.5) is 5.95 Å². The Morgan fingerprint density at radius 1 is 1.43 bits per heavy atom. The Labute approximate surface area is 120 Å². The number of aromatic nitrogens is 3. The van der Waals surface area contributed by atoms with Gasteiger partial charge in [-0.1, -0.05) is 0 Å². The Kier molecular flexibility index (Phi) is 4.91. The third kappa shape index (κ3) is 3.58. The number of anilines is 1. The maximum atomic E-state index is 11.7. The van der Waals surface area contributed by atoms with E-state index in [2.05, 4.69) is 15.0 Å². The van der Waals surface area contributed by atoms with Crippen LogP contribution in [0.1, 0.15) is 5.56 Å². The lowest BCUT2D eigenvalue weighted by Crippen LogP contribution is -2.35. The molecule has 0 aromatic carbocycles. The number of nitrogens with zero attached hydrogens (tertiary/aromatic N) is 2. The van der Waals surface area contributed by atoms with Gasteiger partial charge in [0, 0.05) is 31.4 Å². The highest BCUT2D eigenvalue weighted by atomic mass is 16.3. The fraction of sp³-hybridized carbons (Fsp3) is 0.500. The van der Waals surface area contributed by atoms with Crippen LogP contribution in [0.5, 0.6) is 0 Å². The lowest BCUT2D eigenvalue weighted by atomic mass is 10.2. The average molecular weight is 297 g/mol. The number of rotatable bonds is 7. The van der Waals surface area contributed by atoms with Crippen molar-refractivity contribution in [3.63, 3.8) is 0 Å². The Morgan fingerprint density at radius 3 is 2.86 bits per heavy atom. The van der Waals surface area contributed by atoms with Crippen LogP contribution in [0.15, 0.2) is 11.0 Å². The Hall–Kier alpha value is -1.94. The molecule has 0 fully saturated rings. The minimum Gasteiger partial charge on any atom is -0.395 e. The summed E-state index contributed by atoms with van der Waals surface area (Å²) in [4.78, 5) is 22.8. The predicted molar refractivity (Wildman–Crippen MR) is 76.6 cm³/mol. The summed E-state index contributed by atoms with van der Waals surface area (Å²) in [5.74, 6) is 0.0254. The lowest BCUT2D eigenvalue weighted by Gasteiger charge is -2.23. The molecule has 9 heteroatoms. The molecule has 2 aromatic rings. The number of nitrogen functional groups attached to an aromatic ring is 1. The smallest absolute Gasteiger partial charge is 0.276 e. The van der Waals surface area contributed by atoms with Gasteiger partial charge in [-0.3, -0.25) is 14.7 Å². The van der Waals surface area contributed by atoms with E-state index in [-0.39, 0.29) is 31.3 Å². The summed E-state index contributed by atoms with van der Waals surface area (Å²) < 4.78 is 0. The maximum absolute atomic E-state index is 11.7. The van der Waals surface area contributed by atoms with E-state index in [9.17, 15) is 9.90 Å². The van der Waals surface area contributed by atoms with Gasteiger partial charge in [-0.2, -0.15) is 0 Å². The third-order valence-electron chi connectivity index (χ3n) is 3.12. The molecule has 0 saturated heterocycles. The number of hydrogen-bond acceptors (Lipinski definition) is 7. The molecule has 0 aliphatic carbocycles. The van der Waals surface area contributed by atoms with Crippen molar-refractivity contribution in [3.8, 4) is 0 Å². The fourth-order valence-corrected chi connectivity index (χ4v) is 2.18. The number of aliphatic hydroxyl groups is 3. The first kappa shape index (κ1) is 15.4. The van der Waals surface area contributed by atoms with Crippen molar-refractivity contribution in [2.75, 3.05) is 32.0 Å². The lowest BCUT2D eigenvalue weighted by molar-refractivity contribution is 0.0511. The quantitative estimate of drug-likeness (QED) is 0.345. The largest absolute Gasteiger partial charge is 0.395 e. The van der Waals surface area contributed by atoms with Crippen LogP contribution < -0.4 is 11.3 Å². The monoisotopic (exact) mass is 297 g/mol. The van der Waals surface area contributed by atoms with E-state index in [0.717, 1.165) is 5.56 Å². The summed E-state index contributed by atoms with van der Waals surface area (Å²) in [6.45, 7) is 0.426. The van der Waals surface area contributed by atoms with E-state index in [1.165, 1.54) is 0 Å². The summed E-state index contributed by atoms with van der Waals surface area (Å²) >= 11 is 0. The number of fused-ring (bicyclic) bond motifs is 1. The Bertz CT molecular complexity index is 653. The number of H-pyrrole nitrogens is 2. The zero-order valence-electron chi connectivity index (χ0n) is 11.4. The van der Waals surface area contributed by atoms with Gasteiger partial charge >= 0.3 is 0 Å². The number of aliphatic hydroxyl groups excluding tert-OH is 3. The molecule has 2 aromatic heterocycles. The van der Waals surface area contributed by atoms with Gasteiger partial charge in [-0.05, 0) is 0 Å². The van der Waals surface area contributed by atoms with Gasteiger partial charge in [0.05, 0.1) is 19.3 Å². The van der Waals surface area contributed by atoms with Gasteiger partial charge < -0.3 is 26.0 Å². The molecule has 1 atom stereocenters. The van der Waals surface area contributed by atoms with Crippen molar-refractivity contribution < 1.29 is 15.3 Å². The predicted octanol–water partition coefficient (Wildman–Crippen LogP) is -2.02. The van der Waals surface area contributed by atoms with Crippen LogP contribution >= 0.6 is 0 Å². The second kappa shape index (κ2) is 6.68. The van der Waals surface area contributed by atoms with Crippen molar-refractivity contribution >= 4 is 17.0 Å². The zero-order valence-corrected chi connectivity index (χ0v) is 11.4. The number of nitrogens with one attached hydrogen (secondary N) is 2. The maximum Gasteiger partial charge on any atom is 0.276 e. The van der Waals surface area contributed by atoms with Gasteiger partial charge in [0.1, 0.15) is 11.0 Å². The first-order valence-corrected chi connectivity index (χ1v) is 6.53. The van der Waals surface area contributed by atoms with Gasteiger partial charge in [0.2, 0.25) is 5.95 Å². The van der Waals surface area contributed by atoms with Crippen LogP contribution in [0.25, 0.3) is 11.0 Å². The highest BCUT2D eigenvalue weighted by molar-refractivity contribution is 5.78. The molecule has 9 nitrogen and oxygen atoms in total. The molecule has 0 bridgehead atoms. The average Bonchev–Trinajstić information content (AvgIpc) is 2.82. The minimum atomic E-state index is -0.900. The molecule has 0 aliphatic heterocycles. The van der Waals surface area contributed by atoms with Crippen LogP contribution in [0.2, 0.25) is 0 Å². The van der Waals surface area contributed by atoms with Gasteiger partial charge in [0.15, 0.2) is 0 Å². The summed E-state index contributed by atoms with van der Waals surface area (Å²) in [6.07, 6.45) is 0.741. The zero-order chi connectivity index (χ0) is 15.4. The summed E-state index contributed by atoms with van der Waals surface area (Å²) in [6, 6.07) is 0. The Balaban J connectivity index is 2.26. The number of hydrogen-bond donors (Lipinski definition) is 6. The van der Waals surface area contributed by atoms with Crippen LogP contribution in [0.3, 0.4) is 0 Å².